The van der Waals surface area contributed by atoms with Crippen LogP contribution >= 0.6 is 0 Å². The quantitative estimate of drug-likeness (QED) is 0.222. The van der Waals surface area contributed by atoms with Crippen LogP contribution in [0.1, 0.15) is 123 Å². The van der Waals surface area contributed by atoms with Gasteiger partial charge in [-0.2, -0.15) is 0 Å². The van der Waals surface area contributed by atoms with E-state index in [1.165, 1.54) is 44.1 Å². The number of rotatable bonds is 8. The minimum absolute atomic E-state index is 0.434. The summed E-state index contributed by atoms with van der Waals surface area (Å²) in [5.74, 6) is 1.01. The lowest BCUT2D eigenvalue weighted by atomic mass is 9.38. The highest BCUT2D eigenvalue weighted by Gasteiger charge is 2.52. The van der Waals surface area contributed by atoms with Crippen LogP contribution in [0.25, 0.3) is 11.0 Å². The molecule has 174 valence electrons. The summed E-state index contributed by atoms with van der Waals surface area (Å²) in [4.78, 5) is 2.85. The van der Waals surface area contributed by atoms with Crippen molar-refractivity contribution in [1.29, 1.82) is 0 Å². The van der Waals surface area contributed by atoms with Crippen LogP contribution in [-0.4, -0.2) is 11.7 Å². The number of hydrogen-bond acceptors (Lipinski definition) is 1. The minimum Gasteiger partial charge on any atom is -0.325 e. The molecule has 2 heteroatoms. The molecule has 4 atom stereocenters. The van der Waals surface area contributed by atoms with E-state index in [0.717, 1.165) is 6.42 Å². The van der Waals surface area contributed by atoms with Crippen molar-refractivity contribution in [2.75, 3.05) is 0 Å². The van der Waals surface area contributed by atoms with Crippen molar-refractivity contribution in [2.45, 2.75) is 89.5 Å². The van der Waals surface area contributed by atoms with Gasteiger partial charge in [-0.25, -0.2) is 0 Å². The molecule has 0 N–H and O–H groups in total. The second-order valence-corrected chi connectivity index (χ2v) is 11.0. The summed E-state index contributed by atoms with van der Waals surface area (Å²) in [5, 5.41) is 0. The van der Waals surface area contributed by atoms with Crippen LogP contribution in [0.3, 0.4) is 0 Å². The first-order valence-electron chi connectivity index (χ1n) is 13.7. The molecule has 0 aromatic heterocycles. The van der Waals surface area contributed by atoms with Crippen molar-refractivity contribution in [3.05, 3.63) is 94.6 Å². The molecule has 1 nitrogen and oxygen atoms in total. The first-order chi connectivity index (χ1) is 16.7. The highest BCUT2D eigenvalue weighted by molar-refractivity contribution is 6.79. The molecule has 4 aliphatic rings. The van der Waals surface area contributed by atoms with Crippen molar-refractivity contribution in [3.8, 4) is 0 Å². The second kappa shape index (κ2) is 8.72. The monoisotopic (exact) mass is 447 g/mol. The van der Waals surface area contributed by atoms with Gasteiger partial charge in [0.15, 0.2) is 0 Å². The lowest BCUT2D eigenvalue weighted by Gasteiger charge is -2.50. The summed E-state index contributed by atoms with van der Waals surface area (Å²) < 4.78 is 0. The number of nitrogens with zero attached hydrogens (tertiary/aromatic N) is 1. The summed E-state index contributed by atoms with van der Waals surface area (Å²) in [6.07, 6.45) is 16.2. The van der Waals surface area contributed by atoms with Gasteiger partial charge < -0.3 is 4.81 Å². The fourth-order valence-corrected chi connectivity index (χ4v) is 7.63. The summed E-state index contributed by atoms with van der Waals surface area (Å²) in [5.41, 5.74) is 12.7. The lowest BCUT2D eigenvalue weighted by Crippen LogP contribution is -2.52. The van der Waals surface area contributed by atoms with Gasteiger partial charge in [0, 0.05) is 23.8 Å². The molecular weight excluding hydrogens is 409 g/mol. The molecule has 2 aromatic rings. The van der Waals surface area contributed by atoms with E-state index >= 15 is 0 Å². The Balaban J connectivity index is 1.46. The first kappa shape index (κ1) is 22.2. The molecule has 2 aromatic carbocycles. The first-order valence-corrected chi connectivity index (χ1v) is 13.7. The third kappa shape index (κ3) is 3.18. The van der Waals surface area contributed by atoms with Crippen molar-refractivity contribution in [1.82, 2.24) is 4.81 Å². The molecule has 4 unspecified atom stereocenters. The molecule has 0 spiro atoms. The zero-order chi connectivity index (χ0) is 23.4. The normalized spacial score (nSPS) is 26.0. The van der Waals surface area contributed by atoms with Gasteiger partial charge in [0.2, 0.25) is 0 Å². The molecule has 34 heavy (non-hydrogen) atoms. The molecule has 0 saturated heterocycles. The molecule has 0 radical (unpaired) electrons. The second-order valence-electron chi connectivity index (χ2n) is 11.0. The molecule has 6 rings (SSSR count). The fourth-order valence-electron chi connectivity index (χ4n) is 7.63. The van der Waals surface area contributed by atoms with Gasteiger partial charge in [-0.3, -0.25) is 0 Å². The average molecular weight is 447 g/mol. The lowest BCUT2D eigenvalue weighted by molar-refractivity contribution is 0.268. The molecule has 2 heterocycles. The van der Waals surface area contributed by atoms with E-state index in [1.807, 2.05) is 0 Å². The number of hydrogen-bond donors (Lipinski definition) is 0. The highest BCUT2D eigenvalue weighted by Crippen LogP contribution is 2.58. The van der Waals surface area contributed by atoms with Crippen LogP contribution in [0.2, 0.25) is 0 Å². The van der Waals surface area contributed by atoms with Crippen LogP contribution in [0.15, 0.2) is 61.2 Å². The van der Waals surface area contributed by atoms with Gasteiger partial charge >= 0.3 is 0 Å². The standard InChI is InChI=1S/C32H38BN/c1-5-7-9-10-14-24-20-30-32-26(16-12-18-28(24)32)22(4)34-21(3)25-15-11-17-27-23(13-8-6-2)19-29(31(25)27)33(30)34/h6,11-12,15-23,30H,2,5,7-10,13-14H2,1,3-4H3. The molecule has 2 aliphatic heterocycles. The van der Waals surface area contributed by atoms with E-state index in [4.69, 9.17) is 0 Å². The Labute approximate surface area is 206 Å². The number of unbranched alkanes of at least 4 members (excludes halogenated alkanes) is 3. The molecule has 0 saturated carbocycles. The number of allylic oxidation sites excluding steroid dienone is 4. The largest absolute Gasteiger partial charge is 0.325 e. The average Bonchev–Trinajstić information content (AvgIpc) is 3.41. The molecule has 0 fully saturated rings. The Morgan fingerprint density at radius 1 is 0.941 bits per heavy atom. The van der Waals surface area contributed by atoms with Gasteiger partial charge in [0.25, 0.3) is 6.85 Å². The van der Waals surface area contributed by atoms with E-state index in [1.54, 1.807) is 38.9 Å². The summed E-state index contributed by atoms with van der Waals surface area (Å²) in [7, 11) is 0. The summed E-state index contributed by atoms with van der Waals surface area (Å²) in [6.45, 7) is 11.7. The zero-order valence-corrected chi connectivity index (χ0v) is 21.2. The fraction of sp³-hybridized carbons (Fsp3) is 0.438. The van der Waals surface area contributed by atoms with Crippen molar-refractivity contribution in [2.24, 2.45) is 0 Å². The maximum atomic E-state index is 4.00. The Bertz CT molecular complexity index is 1190. The zero-order valence-electron chi connectivity index (χ0n) is 21.2. The van der Waals surface area contributed by atoms with E-state index in [9.17, 15) is 0 Å². The minimum atomic E-state index is 0.434. The summed E-state index contributed by atoms with van der Waals surface area (Å²) >= 11 is 0. The third-order valence-electron chi connectivity index (χ3n) is 9.15. The predicted octanol–water partition coefficient (Wildman–Crippen LogP) is 8.81. The Hall–Kier alpha value is -2.32. The van der Waals surface area contributed by atoms with Crippen LogP contribution in [0.4, 0.5) is 0 Å². The number of fused-ring (bicyclic) bond motifs is 3. The molecule has 0 bridgehead atoms. The van der Waals surface area contributed by atoms with Crippen molar-refractivity contribution >= 4 is 17.9 Å². The van der Waals surface area contributed by atoms with Crippen LogP contribution < -0.4 is 0 Å². The SMILES string of the molecule is C=CCCC1C=C2B3C4C=C(CCCCCC)c5cccc(c54)C(C)N3C(C)c3cccc1c32. The van der Waals surface area contributed by atoms with Gasteiger partial charge in [-0.05, 0) is 78.5 Å². The summed E-state index contributed by atoms with van der Waals surface area (Å²) in [6, 6.07) is 15.1. The van der Waals surface area contributed by atoms with E-state index in [0.29, 0.717) is 30.7 Å². The van der Waals surface area contributed by atoms with Gasteiger partial charge in [0.1, 0.15) is 0 Å². The van der Waals surface area contributed by atoms with Crippen LogP contribution in [0, 0.1) is 0 Å². The molecular formula is C32H38BN. The maximum absolute atomic E-state index is 4.00. The van der Waals surface area contributed by atoms with Crippen molar-refractivity contribution in [3.63, 3.8) is 0 Å². The topological polar surface area (TPSA) is 3.24 Å². The van der Waals surface area contributed by atoms with E-state index in [-0.39, 0.29) is 0 Å². The van der Waals surface area contributed by atoms with Crippen LogP contribution in [-0.2, 0) is 0 Å². The Morgan fingerprint density at radius 2 is 1.71 bits per heavy atom. The van der Waals surface area contributed by atoms with E-state index in [2.05, 4.69) is 86.8 Å². The smallest absolute Gasteiger partial charge is 0.270 e. The van der Waals surface area contributed by atoms with Crippen molar-refractivity contribution < 1.29 is 0 Å². The van der Waals surface area contributed by atoms with Gasteiger partial charge in [-0.15, -0.1) is 6.58 Å². The predicted molar refractivity (Wildman–Crippen MR) is 147 cm³/mol. The van der Waals surface area contributed by atoms with Gasteiger partial charge in [0.05, 0.1) is 0 Å². The van der Waals surface area contributed by atoms with Crippen LogP contribution in [0.5, 0.6) is 0 Å². The number of benzene rings is 2. The molecule has 0 amide bonds. The van der Waals surface area contributed by atoms with E-state index < -0.39 is 0 Å². The molecule has 2 aliphatic carbocycles. The Kier molecular flexibility index (Phi) is 5.69. The maximum Gasteiger partial charge on any atom is 0.270 e. The Morgan fingerprint density at radius 3 is 2.53 bits per heavy atom. The highest BCUT2D eigenvalue weighted by atomic mass is 15.1. The third-order valence-corrected chi connectivity index (χ3v) is 9.15. The van der Waals surface area contributed by atoms with Gasteiger partial charge in [-0.1, -0.05) is 86.3 Å².